The molecule has 18 heavy (non-hydrogen) atoms. The largest absolute Gasteiger partial charge is 0.481 e. The monoisotopic (exact) mass is 266 g/mol. The van der Waals surface area contributed by atoms with Crippen LogP contribution in [0.3, 0.4) is 0 Å². The number of hydrogen-bond donors (Lipinski definition) is 2. The Labute approximate surface area is 108 Å². The van der Waals surface area contributed by atoms with Gasteiger partial charge in [-0.25, -0.2) is 4.98 Å². The van der Waals surface area contributed by atoms with E-state index in [1.807, 2.05) is 17.5 Å². The minimum Gasteiger partial charge on any atom is -0.481 e. The molecule has 0 saturated carbocycles. The van der Waals surface area contributed by atoms with Crippen LogP contribution in [-0.2, 0) is 17.6 Å². The van der Waals surface area contributed by atoms with Gasteiger partial charge in [0.25, 0.3) is 0 Å². The molecule has 0 aliphatic heterocycles. The molecule has 2 aromatic heterocycles. The second kappa shape index (κ2) is 6.20. The zero-order valence-corrected chi connectivity index (χ0v) is 10.6. The van der Waals surface area contributed by atoms with Crippen LogP contribution in [0.25, 0.3) is 0 Å². The van der Waals surface area contributed by atoms with E-state index in [0.29, 0.717) is 6.42 Å². The Morgan fingerprint density at radius 3 is 3.11 bits per heavy atom. The van der Waals surface area contributed by atoms with Crippen molar-refractivity contribution in [2.75, 3.05) is 11.9 Å². The third kappa shape index (κ3) is 3.89. The Morgan fingerprint density at radius 2 is 2.39 bits per heavy atom. The van der Waals surface area contributed by atoms with E-state index in [2.05, 4.69) is 10.3 Å². The summed E-state index contributed by atoms with van der Waals surface area (Å²) >= 11 is 1.49. The molecule has 2 aromatic rings. The molecule has 0 atom stereocenters. The summed E-state index contributed by atoms with van der Waals surface area (Å²) in [7, 11) is 0. The Balaban J connectivity index is 1.74. The highest BCUT2D eigenvalue weighted by molar-refractivity contribution is 7.13. The Bertz CT molecular complexity index is 493. The van der Waals surface area contributed by atoms with Crippen molar-refractivity contribution in [1.82, 2.24) is 4.98 Å². The van der Waals surface area contributed by atoms with Crippen LogP contribution >= 0.6 is 11.3 Å². The molecule has 0 bridgehead atoms. The van der Waals surface area contributed by atoms with Crippen LogP contribution in [0.5, 0.6) is 0 Å². The van der Waals surface area contributed by atoms with E-state index in [-0.39, 0.29) is 6.42 Å². The van der Waals surface area contributed by atoms with Crippen molar-refractivity contribution < 1.29 is 14.3 Å². The summed E-state index contributed by atoms with van der Waals surface area (Å²) in [4.78, 5) is 14.7. The van der Waals surface area contributed by atoms with Crippen LogP contribution in [0.2, 0.25) is 0 Å². The summed E-state index contributed by atoms with van der Waals surface area (Å²) < 4.78 is 5.22. The molecule has 96 valence electrons. The number of nitrogens with one attached hydrogen (secondary N) is 1. The van der Waals surface area contributed by atoms with Gasteiger partial charge in [0.15, 0.2) is 5.13 Å². The van der Waals surface area contributed by atoms with E-state index < -0.39 is 5.97 Å². The zero-order valence-electron chi connectivity index (χ0n) is 9.76. The van der Waals surface area contributed by atoms with Crippen molar-refractivity contribution in [2.45, 2.75) is 19.3 Å². The summed E-state index contributed by atoms with van der Waals surface area (Å²) in [6.45, 7) is 0.749. The lowest BCUT2D eigenvalue weighted by molar-refractivity contribution is -0.136. The first-order valence-electron chi connectivity index (χ1n) is 5.66. The van der Waals surface area contributed by atoms with Crippen LogP contribution < -0.4 is 5.32 Å². The molecule has 0 aliphatic rings. The highest BCUT2D eigenvalue weighted by Crippen LogP contribution is 2.16. The first kappa shape index (κ1) is 12.6. The van der Waals surface area contributed by atoms with Crippen molar-refractivity contribution in [3.8, 4) is 0 Å². The fraction of sp³-hybridized carbons (Fsp3) is 0.333. The van der Waals surface area contributed by atoms with E-state index in [9.17, 15) is 4.79 Å². The summed E-state index contributed by atoms with van der Waals surface area (Å²) in [6, 6.07) is 3.80. The summed E-state index contributed by atoms with van der Waals surface area (Å²) in [6.07, 6.45) is 3.06. The number of nitrogens with zero attached hydrogens (tertiary/aromatic N) is 1. The van der Waals surface area contributed by atoms with E-state index >= 15 is 0 Å². The summed E-state index contributed by atoms with van der Waals surface area (Å²) in [5, 5.41) is 14.5. The second-order valence-electron chi connectivity index (χ2n) is 3.79. The second-order valence-corrected chi connectivity index (χ2v) is 4.65. The van der Waals surface area contributed by atoms with E-state index in [4.69, 9.17) is 9.52 Å². The average Bonchev–Trinajstić information content (AvgIpc) is 2.97. The third-order valence-electron chi connectivity index (χ3n) is 2.37. The molecule has 2 heterocycles. The van der Waals surface area contributed by atoms with E-state index in [1.165, 1.54) is 11.3 Å². The number of aliphatic carboxylic acids is 1. The number of aryl methyl sites for hydroxylation is 1. The number of carboxylic acids is 1. The standard InChI is InChI=1S/C12H14N2O3S/c15-11(16)4-3-9-8-18-12(14-9)13-6-5-10-2-1-7-17-10/h1-2,7-8H,3-6H2,(H,13,14)(H,15,16). The van der Waals surface area contributed by atoms with E-state index in [1.54, 1.807) is 6.26 Å². The predicted octanol–water partition coefficient (Wildman–Crippen LogP) is 2.41. The van der Waals surface area contributed by atoms with Crippen molar-refractivity contribution in [3.05, 3.63) is 35.2 Å². The molecule has 0 unspecified atom stereocenters. The van der Waals surface area contributed by atoms with Gasteiger partial charge in [0.1, 0.15) is 5.76 Å². The van der Waals surface area contributed by atoms with Gasteiger partial charge >= 0.3 is 5.97 Å². The molecule has 0 saturated heterocycles. The van der Waals surface area contributed by atoms with Crippen LogP contribution in [0.4, 0.5) is 5.13 Å². The van der Waals surface area contributed by atoms with Crippen molar-refractivity contribution >= 4 is 22.4 Å². The summed E-state index contributed by atoms with van der Waals surface area (Å²) in [5.41, 5.74) is 0.822. The molecular formula is C12H14N2O3S. The molecule has 0 amide bonds. The number of carbonyl (C=O) groups is 1. The van der Waals surface area contributed by atoms with Gasteiger partial charge in [-0.2, -0.15) is 0 Å². The van der Waals surface area contributed by atoms with Crippen LogP contribution in [0.1, 0.15) is 17.9 Å². The third-order valence-corrected chi connectivity index (χ3v) is 3.22. The number of thiazole rings is 1. The lowest BCUT2D eigenvalue weighted by atomic mass is 10.2. The van der Waals surface area contributed by atoms with Crippen LogP contribution in [0, 0.1) is 0 Å². The van der Waals surface area contributed by atoms with Gasteiger partial charge in [-0.05, 0) is 12.1 Å². The maximum atomic E-state index is 10.4. The van der Waals surface area contributed by atoms with Crippen LogP contribution in [0.15, 0.2) is 28.2 Å². The maximum Gasteiger partial charge on any atom is 0.303 e. The summed E-state index contributed by atoms with van der Waals surface area (Å²) in [5.74, 6) is 0.139. The quantitative estimate of drug-likeness (QED) is 0.805. The van der Waals surface area contributed by atoms with Crippen molar-refractivity contribution in [1.29, 1.82) is 0 Å². The Hall–Kier alpha value is -1.82. The van der Waals surface area contributed by atoms with Crippen LogP contribution in [-0.4, -0.2) is 22.6 Å². The average molecular weight is 266 g/mol. The lowest BCUT2D eigenvalue weighted by Crippen LogP contribution is -2.04. The van der Waals surface area contributed by atoms with Gasteiger partial charge in [0.2, 0.25) is 0 Å². The van der Waals surface area contributed by atoms with Crippen molar-refractivity contribution in [2.24, 2.45) is 0 Å². The molecular weight excluding hydrogens is 252 g/mol. The van der Waals surface area contributed by atoms with Gasteiger partial charge in [0, 0.05) is 24.8 Å². The molecule has 0 spiro atoms. The fourth-order valence-electron chi connectivity index (χ4n) is 1.49. The maximum absolute atomic E-state index is 10.4. The molecule has 0 fully saturated rings. The molecule has 0 aliphatic carbocycles. The smallest absolute Gasteiger partial charge is 0.303 e. The molecule has 0 aromatic carbocycles. The number of aromatic nitrogens is 1. The fourth-order valence-corrected chi connectivity index (χ4v) is 2.26. The van der Waals surface area contributed by atoms with E-state index in [0.717, 1.165) is 29.6 Å². The minimum atomic E-state index is -0.796. The zero-order chi connectivity index (χ0) is 12.8. The number of anilines is 1. The number of furan rings is 1. The number of carboxylic acid groups (broad SMARTS) is 1. The topological polar surface area (TPSA) is 75.4 Å². The molecule has 5 nitrogen and oxygen atoms in total. The van der Waals surface area contributed by atoms with Gasteiger partial charge in [-0.15, -0.1) is 11.3 Å². The number of rotatable bonds is 7. The number of hydrogen-bond acceptors (Lipinski definition) is 5. The van der Waals surface area contributed by atoms with Gasteiger partial charge < -0.3 is 14.8 Å². The first-order valence-corrected chi connectivity index (χ1v) is 6.54. The normalized spacial score (nSPS) is 10.4. The molecule has 2 rings (SSSR count). The molecule has 0 radical (unpaired) electrons. The highest BCUT2D eigenvalue weighted by Gasteiger charge is 2.04. The SMILES string of the molecule is O=C(O)CCc1csc(NCCc2ccco2)n1. The molecule has 6 heteroatoms. The minimum absolute atomic E-state index is 0.121. The lowest BCUT2D eigenvalue weighted by Gasteiger charge is -1.99. The van der Waals surface area contributed by atoms with Crippen molar-refractivity contribution in [3.63, 3.8) is 0 Å². The predicted molar refractivity (Wildman–Crippen MR) is 69.0 cm³/mol. The highest BCUT2D eigenvalue weighted by atomic mass is 32.1. The molecule has 2 N–H and O–H groups in total. The van der Waals surface area contributed by atoms with Gasteiger partial charge in [-0.1, -0.05) is 0 Å². The Morgan fingerprint density at radius 1 is 1.50 bits per heavy atom. The van der Waals surface area contributed by atoms with Gasteiger partial charge in [0.05, 0.1) is 18.4 Å². The first-order chi connectivity index (χ1) is 8.74. The Kier molecular flexibility index (Phi) is 4.35. The van der Waals surface area contributed by atoms with Gasteiger partial charge in [-0.3, -0.25) is 4.79 Å².